The summed E-state index contributed by atoms with van der Waals surface area (Å²) in [6.45, 7) is 7.88. The number of para-hydroxylation sites is 2. The summed E-state index contributed by atoms with van der Waals surface area (Å²) < 4.78 is 4.83. The molecule has 0 saturated carbocycles. The number of benzene rings is 1. The van der Waals surface area contributed by atoms with E-state index in [2.05, 4.69) is 22.0 Å². The van der Waals surface area contributed by atoms with Crippen LogP contribution in [0.1, 0.15) is 16.1 Å². The summed E-state index contributed by atoms with van der Waals surface area (Å²) in [7, 11) is 0. The normalized spacial score (nSPS) is 14.3. The van der Waals surface area contributed by atoms with Gasteiger partial charge in [0, 0.05) is 26.2 Å². The Morgan fingerprint density at radius 3 is 2.60 bits per heavy atom. The van der Waals surface area contributed by atoms with Crippen molar-refractivity contribution >= 4 is 23.2 Å². The minimum absolute atomic E-state index is 0.0517. The topological polar surface area (TPSA) is 78.7 Å². The lowest BCUT2D eigenvalue weighted by molar-refractivity contribution is -0.126. The quantitative estimate of drug-likeness (QED) is 0.862. The molecular weight excluding hydrogens is 320 g/mol. The van der Waals surface area contributed by atoms with Crippen LogP contribution in [-0.4, -0.2) is 48.0 Å². The number of aromatic nitrogens is 1. The van der Waals surface area contributed by atoms with E-state index in [1.54, 1.807) is 11.8 Å². The van der Waals surface area contributed by atoms with Gasteiger partial charge in [-0.05, 0) is 25.1 Å². The van der Waals surface area contributed by atoms with Gasteiger partial charge >= 0.3 is 0 Å². The number of hydrogen-bond acceptors (Lipinski definition) is 5. The highest BCUT2D eigenvalue weighted by molar-refractivity contribution is 6.06. The molecule has 2 aromatic rings. The first kappa shape index (κ1) is 16.8. The standard InChI is InChI=1S/C18H20N4O3/c1-3-17(23)22-10-8-21(9-11-22)16-7-5-4-6-15(16)19-18(24)14-12-25-20-13(14)2/h3-7,12H,1,8-11H2,2H3,(H,19,24). The number of nitrogens with one attached hydrogen (secondary N) is 1. The number of piperazine rings is 1. The van der Waals surface area contributed by atoms with Crippen LogP contribution in [0.4, 0.5) is 11.4 Å². The summed E-state index contributed by atoms with van der Waals surface area (Å²) >= 11 is 0. The Hall–Kier alpha value is -3.09. The van der Waals surface area contributed by atoms with Crippen LogP contribution in [0.2, 0.25) is 0 Å². The fraction of sp³-hybridized carbons (Fsp3) is 0.278. The third-order valence-corrected chi connectivity index (χ3v) is 4.25. The van der Waals surface area contributed by atoms with E-state index in [0.29, 0.717) is 37.4 Å². The van der Waals surface area contributed by atoms with Crippen LogP contribution in [0, 0.1) is 6.92 Å². The first-order chi connectivity index (χ1) is 12.1. The van der Waals surface area contributed by atoms with Crippen LogP contribution in [0.5, 0.6) is 0 Å². The molecule has 2 heterocycles. The molecule has 1 aromatic carbocycles. The predicted octanol–water partition coefficient (Wildman–Crippen LogP) is 2.07. The largest absolute Gasteiger partial charge is 0.366 e. The molecule has 7 heteroatoms. The van der Waals surface area contributed by atoms with Gasteiger partial charge in [-0.1, -0.05) is 23.9 Å². The molecule has 0 radical (unpaired) electrons. The maximum atomic E-state index is 12.4. The highest BCUT2D eigenvalue weighted by Gasteiger charge is 2.22. The highest BCUT2D eigenvalue weighted by atomic mass is 16.5. The molecule has 130 valence electrons. The van der Waals surface area contributed by atoms with Crippen LogP contribution < -0.4 is 10.2 Å². The van der Waals surface area contributed by atoms with E-state index in [4.69, 9.17) is 4.52 Å². The maximum Gasteiger partial charge on any atom is 0.260 e. The van der Waals surface area contributed by atoms with E-state index >= 15 is 0 Å². The van der Waals surface area contributed by atoms with Crippen molar-refractivity contribution in [3.05, 3.63) is 54.4 Å². The number of hydrogen-bond donors (Lipinski definition) is 1. The molecule has 0 atom stereocenters. The summed E-state index contributed by atoms with van der Waals surface area (Å²) in [5, 5.41) is 6.65. The lowest BCUT2D eigenvalue weighted by Crippen LogP contribution is -2.48. The van der Waals surface area contributed by atoms with Gasteiger partial charge in [0.25, 0.3) is 5.91 Å². The van der Waals surface area contributed by atoms with Crippen LogP contribution in [0.15, 0.2) is 47.7 Å². The van der Waals surface area contributed by atoms with Crippen molar-refractivity contribution in [2.45, 2.75) is 6.92 Å². The van der Waals surface area contributed by atoms with E-state index in [0.717, 1.165) is 11.4 Å². The van der Waals surface area contributed by atoms with Crippen molar-refractivity contribution in [2.75, 3.05) is 36.4 Å². The summed E-state index contributed by atoms with van der Waals surface area (Å²) in [5.41, 5.74) is 2.61. The smallest absolute Gasteiger partial charge is 0.260 e. The molecule has 1 N–H and O–H groups in total. The zero-order chi connectivity index (χ0) is 17.8. The lowest BCUT2D eigenvalue weighted by atomic mass is 10.2. The molecule has 25 heavy (non-hydrogen) atoms. The van der Waals surface area contributed by atoms with E-state index in [9.17, 15) is 9.59 Å². The average Bonchev–Trinajstić information content (AvgIpc) is 3.08. The number of aryl methyl sites for hydroxylation is 1. The van der Waals surface area contributed by atoms with Crippen molar-refractivity contribution in [1.29, 1.82) is 0 Å². The first-order valence-corrected chi connectivity index (χ1v) is 8.08. The average molecular weight is 340 g/mol. The van der Waals surface area contributed by atoms with Gasteiger partial charge in [0.15, 0.2) is 0 Å². The van der Waals surface area contributed by atoms with Crippen molar-refractivity contribution in [3.63, 3.8) is 0 Å². The SMILES string of the molecule is C=CC(=O)N1CCN(c2ccccc2NC(=O)c2conc2C)CC1. The number of anilines is 2. The molecule has 1 fully saturated rings. The predicted molar refractivity (Wildman–Crippen MR) is 94.6 cm³/mol. The molecule has 1 saturated heterocycles. The first-order valence-electron chi connectivity index (χ1n) is 8.08. The fourth-order valence-electron chi connectivity index (χ4n) is 2.85. The van der Waals surface area contributed by atoms with E-state index in [1.807, 2.05) is 24.3 Å². The van der Waals surface area contributed by atoms with Gasteiger partial charge in [-0.3, -0.25) is 9.59 Å². The number of rotatable bonds is 4. The second-order valence-corrected chi connectivity index (χ2v) is 5.80. The lowest BCUT2D eigenvalue weighted by Gasteiger charge is -2.36. The zero-order valence-corrected chi connectivity index (χ0v) is 14.1. The van der Waals surface area contributed by atoms with Crippen LogP contribution in [0.25, 0.3) is 0 Å². The second kappa shape index (κ2) is 7.21. The van der Waals surface area contributed by atoms with Gasteiger partial charge in [-0.2, -0.15) is 0 Å². The van der Waals surface area contributed by atoms with E-state index in [1.165, 1.54) is 12.3 Å². The Bertz CT molecular complexity index is 791. The third kappa shape index (κ3) is 3.55. The molecule has 0 unspecified atom stereocenters. The Kier molecular flexibility index (Phi) is 4.83. The molecule has 0 bridgehead atoms. The van der Waals surface area contributed by atoms with Crippen molar-refractivity contribution < 1.29 is 14.1 Å². The monoisotopic (exact) mass is 340 g/mol. The molecule has 1 aromatic heterocycles. The van der Waals surface area contributed by atoms with Gasteiger partial charge in [0.2, 0.25) is 5.91 Å². The number of carbonyl (C=O) groups excluding carboxylic acids is 2. The number of carbonyl (C=O) groups is 2. The molecule has 0 spiro atoms. The van der Waals surface area contributed by atoms with Crippen molar-refractivity contribution in [1.82, 2.24) is 10.1 Å². The highest BCUT2D eigenvalue weighted by Crippen LogP contribution is 2.27. The van der Waals surface area contributed by atoms with Crippen LogP contribution >= 0.6 is 0 Å². The van der Waals surface area contributed by atoms with E-state index in [-0.39, 0.29) is 11.8 Å². The fourth-order valence-corrected chi connectivity index (χ4v) is 2.85. The van der Waals surface area contributed by atoms with Crippen LogP contribution in [-0.2, 0) is 4.79 Å². The Morgan fingerprint density at radius 1 is 1.24 bits per heavy atom. The molecule has 1 aliphatic heterocycles. The second-order valence-electron chi connectivity index (χ2n) is 5.80. The summed E-state index contributed by atoms with van der Waals surface area (Å²) in [4.78, 5) is 28.0. The Labute approximate surface area is 145 Å². The summed E-state index contributed by atoms with van der Waals surface area (Å²) in [5.74, 6) is -0.309. The Balaban J connectivity index is 1.74. The van der Waals surface area contributed by atoms with Crippen molar-refractivity contribution in [3.8, 4) is 0 Å². The van der Waals surface area contributed by atoms with Gasteiger partial charge in [0.05, 0.1) is 17.1 Å². The minimum atomic E-state index is -0.258. The number of nitrogens with zero attached hydrogens (tertiary/aromatic N) is 3. The van der Waals surface area contributed by atoms with Crippen LogP contribution in [0.3, 0.4) is 0 Å². The van der Waals surface area contributed by atoms with Gasteiger partial charge in [0.1, 0.15) is 11.8 Å². The van der Waals surface area contributed by atoms with Gasteiger partial charge < -0.3 is 19.6 Å². The molecule has 0 aliphatic carbocycles. The minimum Gasteiger partial charge on any atom is -0.366 e. The molecular formula is C18H20N4O3. The third-order valence-electron chi connectivity index (χ3n) is 4.25. The van der Waals surface area contributed by atoms with Crippen molar-refractivity contribution in [2.24, 2.45) is 0 Å². The summed E-state index contributed by atoms with van der Waals surface area (Å²) in [6, 6.07) is 7.62. The zero-order valence-electron chi connectivity index (χ0n) is 14.1. The molecule has 7 nitrogen and oxygen atoms in total. The molecule has 3 rings (SSSR count). The molecule has 1 aliphatic rings. The van der Waals surface area contributed by atoms with Gasteiger partial charge in [-0.15, -0.1) is 0 Å². The van der Waals surface area contributed by atoms with E-state index < -0.39 is 0 Å². The Morgan fingerprint density at radius 2 is 1.96 bits per heavy atom. The maximum absolute atomic E-state index is 12.4. The summed E-state index contributed by atoms with van der Waals surface area (Å²) in [6.07, 6.45) is 2.68. The number of amides is 2. The molecule has 2 amide bonds. The van der Waals surface area contributed by atoms with Gasteiger partial charge in [-0.25, -0.2) is 0 Å².